The zero-order valence-corrected chi connectivity index (χ0v) is 10.8. The zero-order valence-electron chi connectivity index (χ0n) is 10.0. The van der Waals surface area contributed by atoms with Crippen LogP contribution in [0, 0.1) is 11.6 Å². The number of nitrogens with zero attached hydrogens (tertiary/aromatic N) is 1. The van der Waals surface area contributed by atoms with E-state index < -0.39 is 11.6 Å². The van der Waals surface area contributed by atoms with E-state index in [0.717, 1.165) is 6.07 Å². The minimum atomic E-state index is -0.649. The Balaban J connectivity index is 2.61. The Morgan fingerprint density at radius 1 is 1.21 bits per heavy atom. The Kier molecular flexibility index (Phi) is 4.12. The number of aromatic nitrogens is 1. The van der Waals surface area contributed by atoms with Gasteiger partial charge in [0.25, 0.3) is 0 Å². The second-order valence-electron chi connectivity index (χ2n) is 3.76. The van der Waals surface area contributed by atoms with Crippen LogP contribution in [-0.4, -0.2) is 12.1 Å². The van der Waals surface area contributed by atoms with Gasteiger partial charge < -0.3 is 4.74 Å². The van der Waals surface area contributed by atoms with Crippen LogP contribution in [0.1, 0.15) is 5.56 Å². The number of halogens is 3. The van der Waals surface area contributed by atoms with Gasteiger partial charge in [-0.25, -0.2) is 13.8 Å². The Hall–Kier alpha value is -1.94. The predicted octanol–water partition coefficient (Wildman–Crippen LogP) is 4.30. The molecule has 0 saturated carbocycles. The van der Waals surface area contributed by atoms with Gasteiger partial charge in [-0.2, -0.15) is 0 Å². The van der Waals surface area contributed by atoms with Crippen molar-refractivity contribution in [1.29, 1.82) is 0 Å². The smallest absolute Gasteiger partial charge is 0.136 e. The molecule has 0 saturated heterocycles. The molecule has 1 aromatic heterocycles. The van der Waals surface area contributed by atoms with Gasteiger partial charge in [0, 0.05) is 17.8 Å². The highest BCUT2D eigenvalue weighted by molar-refractivity contribution is 6.31. The van der Waals surface area contributed by atoms with Crippen LogP contribution in [0.2, 0.25) is 5.15 Å². The first-order chi connectivity index (χ1) is 9.11. The normalized spacial score (nSPS) is 10.9. The van der Waals surface area contributed by atoms with Crippen molar-refractivity contribution in [3.05, 3.63) is 59.1 Å². The standard InChI is InChI=1S/C14H10ClF2NO/c1-19-5-3-13-12(2-4-18-14(13)15)9-6-10(16)8-11(17)7-9/h2-8H,1H3/b5-3+. The molecular weight excluding hydrogens is 272 g/mol. The molecule has 0 bridgehead atoms. The van der Waals surface area contributed by atoms with Crippen molar-refractivity contribution >= 4 is 17.7 Å². The van der Waals surface area contributed by atoms with Gasteiger partial charge in [0.05, 0.1) is 13.4 Å². The molecule has 19 heavy (non-hydrogen) atoms. The third-order valence-electron chi connectivity index (χ3n) is 2.49. The first-order valence-corrected chi connectivity index (χ1v) is 5.80. The maximum atomic E-state index is 13.3. The quantitative estimate of drug-likeness (QED) is 0.618. The maximum Gasteiger partial charge on any atom is 0.136 e. The molecule has 2 aromatic rings. The molecule has 5 heteroatoms. The van der Waals surface area contributed by atoms with Crippen LogP contribution in [0.3, 0.4) is 0 Å². The molecule has 0 spiro atoms. The highest BCUT2D eigenvalue weighted by Crippen LogP contribution is 2.29. The van der Waals surface area contributed by atoms with Gasteiger partial charge in [0.1, 0.15) is 16.8 Å². The van der Waals surface area contributed by atoms with Crippen LogP contribution >= 0.6 is 11.6 Å². The fraction of sp³-hybridized carbons (Fsp3) is 0.0714. The molecule has 0 amide bonds. The van der Waals surface area contributed by atoms with Crippen LogP contribution < -0.4 is 0 Å². The Morgan fingerprint density at radius 3 is 2.53 bits per heavy atom. The van der Waals surface area contributed by atoms with Crippen LogP contribution in [0.5, 0.6) is 0 Å². The molecule has 0 aliphatic rings. The van der Waals surface area contributed by atoms with E-state index >= 15 is 0 Å². The number of hydrogen-bond donors (Lipinski definition) is 0. The van der Waals surface area contributed by atoms with Crippen molar-refractivity contribution in [2.24, 2.45) is 0 Å². The van der Waals surface area contributed by atoms with Crippen molar-refractivity contribution in [2.75, 3.05) is 7.11 Å². The average molecular weight is 282 g/mol. The molecular formula is C14H10ClF2NO. The largest absolute Gasteiger partial charge is 0.504 e. The molecule has 0 N–H and O–H groups in total. The van der Waals surface area contributed by atoms with E-state index in [1.165, 1.54) is 31.7 Å². The molecule has 0 atom stereocenters. The van der Waals surface area contributed by atoms with Gasteiger partial charge >= 0.3 is 0 Å². The van der Waals surface area contributed by atoms with Crippen LogP contribution in [-0.2, 0) is 4.74 Å². The molecule has 0 fully saturated rings. The lowest BCUT2D eigenvalue weighted by Gasteiger charge is -2.08. The lowest BCUT2D eigenvalue weighted by Crippen LogP contribution is -1.90. The lowest BCUT2D eigenvalue weighted by atomic mass is 10.0. The van der Waals surface area contributed by atoms with E-state index in [0.29, 0.717) is 16.7 Å². The summed E-state index contributed by atoms with van der Waals surface area (Å²) in [5, 5.41) is 0.232. The van der Waals surface area contributed by atoms with Crippen molar-refractivity contribution < 1.29 is 13.5 Å². The molecule has 0 aliphatic carbocycles. The van der Waals surface area contributed by atoms with E-state index in [-0.39, 0.29) is 5.15 Å². The van der Waals surface area contributed by atoms with Crippen LogP contribution in [0.25, 0.3) is 17.2 Å². The van der Waals surface area contributed by atoms with Crippen molar-refractivity contribution in [3.8, 4) is 11.1 Å². The van der Waals surface area contributed by atoms with Crippen molar-refractivity contribution in [1.82, 2.24) is 4.98 Å². The van der Waals surface area contributed by atoms with Gasteiger partial charge in [0.15, 0.2) is 0 Å². The summed E-state index contributed by atoms with van der Waals surface area (Å²) in [4.78, 5) is 3.93. The Bertz CT molecular complexity index is 609. The van der Waals surface area contributed by atoms with Crippen LogP contribution in [0.4, 0.5) is 8.78 Å². The second-order valence-corrected chi connectivity index (χ2v) is 4.12. The summed E-state index contributed by atoms with van der Waals surface area (Å²) in [7, 11) is 1.49. The molecule has 0 aliphatic heterocycles. The molecule has 1 aromatic carbocycles. The minimum Gasteiger partial charge on any atom is -0.504 e. The lowest BCUT2D eigenvalue weighted by molar-refractivity contribution is 0.341. The zero-order chi connectivity index (χ0) is 13.8. The van der Waals surface area contributed by atoms with E-state index in [4.69, 9.17) is 16.3 Å². The van der Waals surface area contributed by atoms with Gasteiger partial charge in [0.2, 0.25) is 0 Å². The Labute approximate surface area is 114 Å². The highest BCUT2D eigenvalue weighted by atomic mass is 35.5. The monoisotopic (exact) mass is 281 g/mol. The van der Waals surface area contributed by atoms with Gasteiger partial charge in [-0.05, 0) is 35.4 Å². The van der Waals surface area contributed by atoms with E-state index in [2.05, 4.69) is 4.98 Å². The topological polar surface area (TPSA) is 22.1 Å². The molecule has 2 rings (SSSR count). The highest BCUT2D eigenvalue weighted by Gasteiger charge is 2.10. The van der Waals surface area contributed by atoms with Crippen LogP contribution in [0.15, 0.2) is 36.7 Å². The van der Waals surface area contributed by atoms with Gasteiger partial charge in [-0.3, -0.25) is 0 Å². The Morgan fingerprint density at radius 2 is 1.89 bits per heavy atom. The second kappa shape index (κ2) is 5.80. The van der Waals surface area contributed by atoms with Gasteiger partial charge in [-0.1, -0.05) is 11.6 Å². The molecule has 1 heterocycles. The summed E-state index contributed by atoms with van der Waals surface area (Å²) >= 11 is 5.99. The minimum absolute atomic E-state index is 0.232. The summed E-state index contributed by atoms with van der Waals surface area (Å²) in [6.07, 6.45) is 4.49. The summed E-state index contributed by atoms with van der Waals surface area (Å²) in [6, 6.07) is 4.92. The molecule has 0 unspecified atom stereocenters. The fourth-order valence-electron chi connectivity index (χ4n) is 1.70. The van der Waals surface area contributed by atoms with E-state index in [9.17, 15) is 8.78 Å². The third-order valence-corrected chi connectivity index (χ3v) is 2.79. The van der Waals surface area contributed by atoms with Crippen molar-refractivity contribution in [2.45, 2.75) is 0 Å². The summed E-state index contributed by atoms with van der Waals surface area (Å²) < 4.78 is 31.4. The molecule has 2 nitrogen and oxygen atoms in total. The number of pyridine rings is 1. The number of rotatable bonds is 3. The first kappa shape index (κ1) is 13.5. The van der Waals surface area contributed by atoms with E-state index in [1.54, 1.807) is 12.1 Å². The number of methoxy groups -OCH3 is 1. The maximum absolute atomic E-state index is 13.3. The molecule has 0 radical (unpaired) electrons. The summed E-state index contributed by atoms with van der Waals surface area (Å²) in [5.74, 6) is -1.30. The third kappa shape index (κ3) is 3.09. The fourth-order valence-corrected chi connectivity index (χ4v) is 1.92. The SMILES string of the molecule is CO/C=C/c1c(-c2cc(F)cc(F)c2)ccnc1Cl. The van der Waals surface area contributed by atoms with E-state index in [1.807, 2.05) is 0 Å². The van der Waals surface area contributed by atoms with Gasteiger partial charge in [-0.15, -0.1) is 0 Å². The number of ether oxygens (including phenoxy) is 1. The van der Waals surface area contributed by atoms with Crippen molar-refractivity contribution in [3.63, 3.8) is 0 Å². The average Bonchev–Trinajstić information content (AvgIpc) is 2.36. The predicted molar refractivity (Wildman–Crippen MR) is 70.6 cm³/mol. The number of hydrogen-bond acceptors (Lipinski definition) is 2. The summed E-state index contributed by atoms with van der Waals surface area (Å²) in [5.41, 5.74) is 1.50. The molecule has 98 valence electrons. The first-order valence-electron chi connectivity index (χ1n) is 5.42. The number of benzene rings is 1. The summed E-state index contributed by atoms with van der Waals surface area (Å²) in [6.45, 7) is 0.